The van der Waals surface area contributed by atoms with Crippen LogP contribution >= 0.6 is 0 Å². The first-order valence-corrected chi connectivity index (χ1v) is 12.7. The van der Waals surface area contributed by atoms with Gasteiger partial charge in [0.25, 0.3) is 0 Å². The lowest BCUT2D eigenvalue weighted by Gasteiger charge is -2.53. The zero-order valence-corrected chi connectivity index (χ0v) is 19.2. The molecule has 1 saturated heterocycles. The van der Waals surface area contributed by atoms with Gasteiger partial charge < -0.3 is 13.9 Å². The zero-order chi connectivity index (χ0) is 20.0. The Morgan fingerprint density at radius 2 is 1.92 bits per heavy atom. The molecule has 1 saturated carbocycles. The molecule has 2 aliphatic rings. The van der Waals surface area contributed by atoms with Crippen molar-refractivity contribution in [2.45, 2.75) is 78.6 Å². The van der Waals surface area contributed by atoms with Crippen molar-refractivity contribution in [1.29, 1.82) is 0 Å². The minimum atomic E-state index is -1.84. The highest BCUT2D eigenvalue weighted by atomic mass is 28.4. The van der Waals surface area contributed by atoms with Gasteiger partial charge in [-0.1, -0.05) is 41.5 Å². The third-order valence-electron chi connectivity index (χ3n) is 7.43. The molecule has 150 valence electrons. The van der Waals surface area contributed by atoms with Crippen molar-refractivity contribution in [2.75, 3.05) is 20.3 Å². The number of fused-ring (bicyclic) bond motifs is 1. The van der Waals surface area contributed by atoms with Crippen molar-refractivity contribution in [3.05, 3.63) is 11.6 Å². The third kappa shape index (κ3) is 3.81. The molecule has 1 aliphatic heterocycles. The van der Waals surface area contributed by atoms with Crippen LogP contribution in [0.3, 0.4) is 0 Å². The van der Waals surface area contributed by atoms with Gasteiger partial charge in [-0.15, -0.1) is 0 Å². The molecule has 0 unspecified atom stereocenters. The fourth-order valence-corrected chi connectivity index (χ4v) is 5.37. The number of methoxy groups -OCH3 is 1. The van der Waals surface area contributed by atoms with Gasteiger partial charge in [0, 0.05) is 18.1 Å². The van der Waals surface area contributed by atoms with E-state index in [2.05, 4.69) is 54.6 Å². The maximum Gasteiger partial charge on any atom is 0.330 e. The van der Waals surface area contributed by atoms with E-state index in [9.17, 15) is 4.79 Å². The van der Waals surface area contributed by atoms with Gasteiger partial charge in [-0.3, -0.25) is 0 Å². The van der Waals surface area contributed by atoms with Crippen molar-refractivity contribution >= 4 is 14.3 Å². The van der Waals surface area contributed by atoms with Gasteiger partial charge in [0.1, 0.15) is 0 Å². The van der Waals surface area contributed by atoms with Gasteiger partial charge in [0.05, 0.1) is 19.8 Å². The number of esters is 1. The molecule has 2 fully saturated rings. The molecule has 0 aromatic rings. The lowest BCUT2D eigenvalue weighted by molar-refractivity contribution is -0.135. The molecule has 0 radical (unpaired) electrons. The van der Waals surface area contributed by atoms with Crippen molar-refractivity contribution in [1.82, 2.24) is 0 Å². The number of ether oxygens (including phenoxy) is 2. The van der Waals surface area contributed by atoms with Crippen molar-refractivity contribution < 1.29 is 18.7 Å². The fraction of sp³-hybridized carbons (Fsp3) is 0.857. The first kappa shape index (κ1) is 21.6. The predicted octanol–water partition coefficient (Wildman–Crippen LogP) is 4.95. The standard InChI is InChI=1S/C21H38O4Si/c1-19(2,3)26(8,9)25-14-16-20(4,5)11-10-17-21(16,6)15(13-24-17)12-18(22)23-7/h12,16-17H,10-11,13-14H2,1-9H3/b15-12+/t16-,17+,21-/m1/s1. The summed E-state index contributed by atoms with van der Waals surface area (Å²) in [5.74, 6) is 0.0131. The van der Waals surface area contributed by atoms with E-state index in [1.807, 2.05) is 0 Å². The quantitative estimate of drug-likeness (QED) is 0.392. The van der Waals surface area contributed by atoms with E-state index in [1.165, 1.54) is 7.11 Å². The molecule has 5 heteroatoms. The smallest absolute Gasteiger partial charge is 0.330 e. The Morgan fingerprint density at radius 1 is 1.31 bits per heavy atom. The summed E-state index contributed by atoms with van der Waals surface area (Å²) in [5, 5.41) is 0.184. The minimum Gasteiger partial charge on any atom is -0.466 e. The number of carbonyl (C=O) groups is 1. The normalized spacial score (nSPS) is 33.2. The number of carbonyl (C=O) groups excluding carboxylic acids is 1. The monoisotopic (exact) mass is 382 g/mol. The Hall–Kier alpha value is -0.653. The molecule has 26 heavy (non-hydrogen) atoms. The zero-order valence-electron chi connectivity index (χ0n) is 18.2. The van der Waals surface area contributed by atoms with E-state index < -0.39 is 8.32 Å². The first-order valence-electron chi connectivity index (χ1n) is 9.80. The van der Waals surface area contributed by atoms with Crippen LogP contribution in [0, 0.1) is 16.7 Å². The van der Waals surface area contributed by atoms with Crippen molar-refractivity contribution in [2.24, 2.45) is 16.7 Å². The van der Waals surface area contributed by atoms with Gasteiger partial charge in [0.2, 0.25) is 0 Å². The van der Waals surface area contributed by atoms with E-state index in [-0.39, 0.29) is 27.9 Å². The summed E-state index contributed by atoms with van der Waals surface area (Å²) < 4.78 is 17.7. The summed E-state index contributed by atoms with van der Waals surface area (Å²) in [7, 11) is -0.413. The third-order valence-corrected chi connectivity index (χ3v) is 11.9. The van der Waals surface area contributed by atoms with Gasteiger partial charge in [-0.05, 0) is 47.9 Å². The predicted molar refractivity (Wildman–Crippen MR) is 108 cm³/mol. The Bertz CT molecular complexity index is 573. The number of rotatable bonds is 4. The molecule has 3 atom stereocenters. The number of hydrogen-bond acceptors (Lipinski definition) is 4. The summed E-state index contributed by atoms with van der Waals surface area (Å²) in [6, 6.07) is 0. The van der Waals surface area contributed by atoms with Crippen LogP contribution in [0.1, 0.15) is 54.4 Å². The molecule has 1 aliphatic carbocycles. The second-order valence-corrected chi connectivity index (χ2v) is 15.2. The highest BCUT2D eigenvalue weighted by Gasteiger charge is 2.57. The lowest BCUT2D eigenvalue weighted by Crippen LogP contribution is -2.53. The largest absolute Gasteiger partial charge is 0.466 e. The highest BCUT2D eigenvalue weighted by molar-refractivity contribution is 6.74. The maximum atomic E-state index is 11.9. The summed E-state index contributed by atoms with van der Waals surface area (Å²) in [5.41, 5.74) is 1.01. The summed E-state index contributed by atoms with van der Waals surface area (Å²) in [4.78, 5) is 11.9. The molecule has 0 aromatic carbocycles. The average molecular weight is 383 g/mol. The second-order valence-electron chi connectivity index (χ2n) is 10.4. The van der Waals surface area contributed by atoms with E-state index in [0.717, 1.165) is 25.0 Å². The molecule has 0 bridgehead atoms. The first-order chi connectivity index (χ1) is 11.8. The summed E-state index contributed by atoms with van der Waals surface area (Å²) in [6.07, 6.45) is 3.95. The van der Waals surface area contributed by atoms with E-state index >= 15 is 0 Å². The number of hydrogen-bond donors (Lipinski definition) is 0. The summed E-state index contributed by atoms with van der Waals surface area (Å²) >= 11 is 0. The van der Waals surface area contributed by atoms with E-state index in [1.54, 1.807) is 6.08 Å². The fourth-order valence-electron chi connectivity index (χ4n) is 4.35. The molecule has 0 N–H and O–H groups in total. The van der Waals surface area contributed by atoms with Crippen LogP contribution < -0.4 is 0 Å². The second kappa shape index (κ2) is 7.06. The minimum absolute atomic E-state index is 0.135. The molecular formula is C21H38O4Si. The average Bonchev–Trinajstić information content (AvgIpc) is 2.81. The highest BCUT2D eigenvalue weighted by Crippen LogP contribution is 2.58. The van der Waals surface area contributed by atoms with Gasteiger partial charge in [-0.25, -0.2) is 4.79 Å². The van der Waals surface area contributed by atoms with Crippen LogP contribution in [0.2, 0.25) is 18.1 Å². The van der Waals surface area contributed by atoms with Crippen LogP contribution in [-0.4, -0.2) is 40.7 Å². The molecule has 0 aromatic heterocycles. The Balaban J connectivity index is 2.36. The SMILES string of the molecule is COC(=O)/C=C1\CO[C@H]2CCC(C)(C)[C@@H](CO[Si](C)(C)C(C)(C)C)[C@@]12C. The molecule has 2 rings (SSSR count). The van der Waals surface area contributed by atoms with Crippen LogP contribution in [0.4, 0.5) is 0 Å². The van der Waals surface area contributed by atoms with Crippen LogP contribution in [0.15, 0.2) is 11.6 Å². The van der Waals surface area contributed by atoms with Crippen molar-refractivity contribution in [3.63, 3.8) is 0 Å². The van der Waals surface area contributed by atoms with Crippen LogP contribution in [0.5, 0.6) is 0 Å². The van der Waals surface area contributed by atoms with E-state index in [0.29, 0.717) is 12.5 Å². The Morgan fingerprint density at radius 3 is 2.46 bits per heavy atom. The topological polar surface area (TPSA) is 44.8 Å². The van der Waals surface area contributed by atoms with Crippen LogP contribution in [-0.2, 0) is 18.7 Å². The van der Waals surface area contributed by atoms with E-state index in [4.69, 9.17) is 13.9 Å². The van der Waals surface area contributed by atoms with Gasteiger partial charge >= 0.3 is 5.97 Å². The van der Waals surface area contributed by atoms with Gasteiger partial charge in [-0.2, -0.15) is 0 Å². The molecular weight excluding hydrogens is 344 g/mol. The van der Waals surface area contributed by atoms with Crippen LogP contribution in [0.25, 0.3) is 0 Å². The molecule has 4 nitrogen and oxygen atoms in total. The Labute approximate surface area is 160 Å². The van der Waals surface area contributed by atoms with Gasteiger partial charge in [0.15, 0.2) is 8.32 Å². The van der Waals surface area contributed by atoms with Crippen molar-refractivity contribution in [3.8, 4) is 0 Å². The Kier molecular flexibility index (Phi) is 5.88. The lowest BCUT2D eigenvalue weighted by atomic mass is 9.54. The molecule has 0 amide bonds. The molecule has 1 heterocycles. The maximum absolute atomic E-state index is 11.9. The molecule has 0 spiro atoms. The summed E-state index contributed by atoms with van der Waals surface area (Å²) in [6.45, 7) is 19.6.